The Morgan fingerprint density at radius 2 is 1.69 bits per heavy atom. The fraction of sp³-hybridized carbons (Fsp3) is 0.0870. The van der Waals surface area contributed by atoms with Gasteiger partial charge in [-0.15, -0.1) is 10.2 Å². The standard InChI is InChI=1S/C23H20BN3O2/c1-14-11-17(24)13-18(12-14)25-22-20-6-4-3-5-19(20)21(26-27-22)15-7-9-16(10-8-15)23(28)29-2/h3-13H,24H2,1-2H3,(H,25,27). The van der Waals surface area contributed by atoms with Crippen LogP contribution in [0.5, 0.6) is 0 Å². The molecule has 4 aromatic rings. The summed E-state index contributed by atoms with van der Waals surface area (Å²) < 4.78 is 4.77. The van der Waals surface area contributed by atoms with E-state index in [2.05, 4.69) is 48.5 Å². The molecule has 3 aromatic carbocycles. The van der Waals surface area contributed by atoms with Crippen LogP contribution in [0.25, 0.3) is 22.0 Å². The summed E-state index contributed by atoms with van der Waals surface area (Å²) in [5, 5.41) is 14.3. The summed E-state index contributed by atoms with van der Waals surface area (Å²) in [6.45, 7) is 2.07. The zero-order chi connectivity index (χ0) is 20.4. The Bertz CT molecular complexity index is 1190. The van der Waals surface area contributed by atoms with Crippen LogP contribution in [0.15, 0.2) is 66.7 Å². The van der Waals surface area contributed by atoms with Crippen LogP contribution < -0.4 is 10.8 Å². The van der Waals surface area contributed by atoms with Crippen molar-refractivity contribution in [3.63, 3.8) is 0 Å². The van der Waals surface area contributed by atoms with Gasteiger partial charge in [-0.2, -0.15) is 0 Å². The summed E-state index contributed by atoms with van der Waals surface area (Å²) in [5.41, 5.74) is 5.51. The van der Waals surface area contributed by atoms with E-state index in [0.29, 0.717) is 11.4 Å². The number of carbonyl (C=O) groups is 1. The maximum absolute atomic E-state index is 11.7. The molecular weight excluding hydrogens is 361 g/mol. The van der Waals surface area contributed by atoms with E-state index in [1.807, 2.05) is 36.4 Å². The molecule has 1 aromatic heterocycles. The quantitative estimate of drug-likeness (QED) is 0.434. The molecule has 0 radical (unpaired) electrons. The first kappa shape index (κ1) is 18.7. The zero-order valence-electron chi connectivity index (χ0n) is 16.6. The Labute approximate surface area is 170 Å². The van der Waals surface area contributed by atoms with Gasteiger partial charge in [-0.3, -0.25) is 0 Å². The molecule has 0 aliphatic heterocycles. The lowest BCUT2D eigenvalue weighted by Crippen LogP contribution is -2.06. The highest BCUT2D eigenvalue weighted by molar-refractivity contribution is 6.32. The molecule has 0 unspecified atom stereocenters. The van der Waals surface area contributed by atoms with Crippen molar-refractivity contribution in [2.45, 2.75) is 6.92 Å². The lowest BCUT2D eigenvalue weighted by Gasteiger charge is -2.12. The van der Waals surface area contributed by atoms with Gasteiger partial charge in [0, 0.05) is 22.0 Å². The number of hydrogen-bond donors (Lipinski definition) is 1. The van der Waals surface area contributed by atoms with Crippen molar-refractivity contribution in [2.75, 3.05) is 12.4 Å². The van der Waals surface area contributed by atoms with E-state index in [1.54, 1.807) is 12.1 Å². The largest absolute Gasteiger partial charge is 0.465 e. The van der Waals surface area contributed by atoms with E-state index >= 15 is 0 Å². The molecule has 0 aliphatic rings. The molecule has 0 amide bonds. The Morgan fingerprint density at radius 3 is 2.38 bits per heavy atom. The Kier molecular flexibility index (Phi) is 5.00. The predicted molar refractivity (Wildman–Crippen MR) is 119 cm³/mol. The number of esters is 1. The molecular formula is C23H20BN3O2. The highest BCUT2D eigenvalue weighted by atomic mass is 16.5. The van der Waals surface area contributed by atoms with Gasteiger partial charge in [-0.1, -0.05) is 47.9 Å². The molecule has 4 rings (SSSR count). The number of anilines is 2. The van der Waals surface area contributed by atoms with Gasteiger partial charge in [0.1, 0.15) is 13.5 Å². The van der Waals surface area contributed by atoms with Crippen LogP contribution in [0.2, 0.25) is 0 Å². The van der Waals surface area contributed by atoms with E-state index in [0.717, 1.165) is 27.7 Å². The molecule has 29 heavy (non-hydrogen) atoms. The topological polar surface area (TPSA) is 64.1 Å². The van der Waals surface area contributed by atoms with Crippen LogP contribution in [0.1, 0.15) is 15.9 Å². The first-order chi connectivity index (χ1) is 14.0. The lowest BCUT2D eigenvalue weighted by atomic mass is 9.94. The molecule has 0 fully saturated rings. The zero-order valence-corrected chi connectivity index (χ0v) is 16.6. The average Bonchev–Trinajstić information content (AvgIpc) is 2.73. The Morgan fingerprint density at radius 1 is 0.966 bits per heavy atom. The number of fused-ring (bicyclic) bond motifs is 1. The van der Waals surface area contributed by atoms with Crippen molar-refractivity contribution in [3.05, 3.63) is 77.9 Å². The highest BCUT2D eigenvalue weighted by Crippen LogP contribution is 2.31. The summed E-state index contributed by atoms with van der Waals surface area (Å²) in [7, 11) is 3.44. The van der Waals surface area contributed by atoms with Gasteiger partial charge in [0.25, 0.3) is 0 Å². The molecule has 5 nitrogen and oxygen atoms in total. The van der Waals surface area contributed by atoms with Gasteiger partial charge >= 0.3 is 5.97 Å². The maximum atomic E-state index is 11.7. The summed E-state index contributed by atoms with van der Waals surface area (Å²) in [4.78, 5) is 11.7. The van der Waals surface area contributed by atoms with Crippen LogP contribution in [-0.2, 0) is 4.74 Å². The fourth-order valence-electron chi connectivity index (χ4n) is 3.48. The number of ether oxygens (including phenoxy) is 1. The lowest BCUT2D eigenvalue weighted by molar-refractivity contribution is 0.0601. The third-order valence-electron chi connectivity index (χ3n) is 4.75. The minimum atomic E-state index is -0.361. The third-order valence-corrected chi connectivity index (χ3v) is 4.75. The summed E-state index contributed by atoms with van der Waals surface area (Å²) in [5.74, 6) is 0.348. The first-order valence-electron chi connectivity index (χ1n) is 9.34. The molecule has 1 N–H and O–H groups in total. The van der Waals surface area contributed by atoms with Crippen LogP contribution >= 0.6 is 0 Å². The smallest absolute Gasteiger partial charge is 0.337 e. The van der Waals surface area contributed by atoms with E-state index in [9.17, 15) is 4.79 Å². The molecule has 0 bridgehead atoms. The first-order valence-corrected chi connectivity index (χ1v) is 9.34. The number of methoxy groups -OCH3 is 1. The minimum absolute atomic E-state index is 0.361. The van der Waals surface area contributed by atoms with Gasteiger partial charge < -0.3 is 10.1 Å². The number of nitrogens with one attached hydrogen (secondary N) is 1. The highest BCUT2D eigenvalue weighted by Gasteiger charge is 2.12. The maximum Gasteiger partial charge on any atom is 0.337 e. The fourth-order valence-corrected chi connectivity index (χ4v) is 3.48. The van der Waals surface area contributed by atoms with Gasteiger partial charge in [-0.05, 0) is 36.8 Å². The predicted octanol–water partition coefficient (Wildman–Crippen LogP) is 3.39. The Balaban J connectivity index is 1.76. The van der Waals surface area contributed by atoms with Gasteiger partial charge in [0.15, 0.2) is 5.82 Å². The second-order valence-corrected chi connectivity index (χ2v) is 7.01. The van der Waals surface area contributed by atoms with E-state index in [1.165, 1.54) is 18.1 Å². The van der Waals surface area contributed by atoms with Crippen molar-refractivity contribution in [2.24, 2.45) is 0 Å². The number of rotatable bonds is 4. The summed E-state index contributed by atoms with van der Waals surface area (Å²) >= 11 is 0. The van der Waals surface area contributed by atoms with E-state index in [4.69, 9.17) is 4.74 Å². The number of benzene rings is 3. The molecule has 1 heterocycles. The number of carbonyl (C=O) groups excluding carboxylic acids is 1. The molecule has 0 spiro atoms. The number of aromatic nitrogens is 2. The summed E-state index contributed by atoms with van der Waals surface area (Å²) in [6.07, 6.45) is 0. The van der Waals surface area contributed by atoms with Crippen LogP contribution in [0.3, 0.4) is 0 Å². The molecule has 0 aliphatic carbocycles. The monoisotopic (exact) mass is 381 g/mol. The normalized spacial score (nSPS) is 10.7. The molecule has 0 saturated heterocycles. The molecule has 0 saturated carbocycles. The van der Waals surface area contributed by atoms with E-state index in [-0.39, 0.29) is 5.97 Å². The minimum Gasteiger partial charge on any atom is -0.465 e. The van der Waals surface area contributed by atoms with Crippen molar-refractivity contribution in [1.29, 1.82) is 0 Å². The number of aryl methyl sites for hydroxylation is 1. The second-order valence-electron chi connectivity index (χ2n) is 7.01. The third kappa shape index (κ3) is 3.83. The van der Waals surface area contributed by atoms with Gasteiger partial charge in [-0.25, -0.2) is 4.79 Å². The molecule has 6 heteroatoms. The number of nitrogens with zero attached hydrogens (tertiary/aromatic N) is 2. The van der Waals surface area contributed by atoms with E-state index < -0.39 is 0 Å². The molecule has 0 atom stereocenters. The molecule has 142 valence electrons. The van der Waals surface area contributed by atoms with Gasteiger partial charge in [0.2, 0.25) is 0 Å². The average molecular weight is 381 g/mol. The van der Waals surface area contributed by atoms with Crippen molar-refractivity contribution >= 4 is 41.6 Å². The van der Waals surface area contributed by atoms with Gasteiger partial charge in [0.05, 0.1) is 12.7 Å². The van der Waals surface area contributed by atoms with Crippen LogP contribution in [-0.4, -0.2) is 31.1 Å². The van der Waals surface area contributed by atoms with Crippen molar-refractivity contribution in [3.8, 4) is 11.3 Å². The van der Waals surface area contributed by atoms with Crippen LogP contribution in [0.4, 0.5) is 11.5 Å². The SMILES string of the molecule is Bc1cc(C)cc(Nc2nnc(-c3ccc(C(=O)OC)cc3)c3ccccc23)c1. The summed E-state index contributed by atoms with van der Waals surface area (Å²) in [6, 6.07) is 21.5. The second kappa shape index (κ2) is 7.76. The van der Waals surface area contributed by atoms with Crippen LogP contribution in [0, 0.1) is 6.92 Å². The number of hydrogen-bond acceptors (Lipinski definition) is 5. The van der Waals surface area contributed by atoms with Crippen molar-refractivity contribution in [1.82, 2.24) is 10.2 Å². The Hall–Kier alpha value is -3.67. The van der Waals surface area contributed by atoms with Crippen molar-refractivity contribution < 1.29 is 9.53 Å².